The summed E-state index contributed by atoms with van der Waals surface area (Å²) in [5, 5.41) is 3.40. The normalized spacial score (nSPS) is 18.4. The van der Waals surface area contributed by atoms with Crippen LogP contribution >= 0.6 is 0 Å². The zero-order valence-electron chi connectivity index (χ0n) is 13.4. The predicted octanol–water partition coefficient (Wildman–Crippen LogP) is 1.60. The van der Waals surface area contributed by atoms with E-state index in [1.54, 1.807) is 24.1 Å². The molecule has 0 radical (unpaired) electrons. The Kier molecular flexibility index (Phi) is 4.71. The van der Waals surface area contributed by atoms with Crippen LogP contribution in [0.25, 0.3) is 0 Å². The topological polar surface area (TPSA) is 73.1 Å². The number of alkyl halides is 3. The van der Waals surface area contributed by atoms with E-state index in [-0.39, 0.29) is 25.1 Å². The fourth-order valence-electron chi connectivity index (χ4n) is 2.55. The first-order chi connectivity index (χ1) is 11.8. The Bertz CT molecular complexity index is 762. The molecule has 0 aromatic carbocycles. The van der Waals surface area contributed by atoms with Gasteiger partial charge in [-0.2, -0.15) is 18.3 Å². The van der Waals surface area contributed by atoms with Gasteiger partial charge >= 0.3 is 6.18 Å². The van der Waals surface area contributed by atoms with E-state index in [0.717, 1.165) is 16.9 Å². The quantitative estimate of drug-likeness (QED) is 0.836. The van der Waals surface area contributed by atoms with Crippen LogP contribution in [0, 0.1) is 6.92 Å². The van der Waals surface area contributed by atoms with Gasteiger partial charge in [-0.3, -0.25) is 9.48 Å². The highest BCUT2D eigenvalue weighted by atomic mass is 19.4. The third-order valence-corrected chi connectivity index (χ3v) is 3.77. The zero-order valence-corrected chi connectivity index (χ0v) is 13.4. The van der Waals surface area contributed by atoms with E-state index in [1.165, 1.54) is 0 Å². The fraction of sp³-hybridized carbons (Fsp3) is 0.467. The number of hydrogen-bond donors (Lipinski definition) is 0. The summed E-state index contributed by atoms with van der Waals surface area (Å²) in [6, 6.07) is 2.56. The highest BCUT2D eigenvalue weighted by Crippen LogP contribution is 2.27. The third kappa shape index (κ3) is 4.13. The number of halogens is 3. The van der Waals surface area contributed by atoms with Crippen molar-refractivity contribution in [2.45, 2.75) is 25.7 Å². The van der Waals surface area contributed by atoms with Crippen LogP contribution in [0.15, 0.2) is 24.5 Å². The minimum absolute atomic E-state index is 0.258. The Balaban J connectivity index is 1.65. The van der Waals surface area contributed by atoms with Crippen molar-refractivity contribution in [1.29, 1.82) is 0 Å². The summed E-state index contributed by atoms with van der Waals surface area (Å²) in [5.41, 5.74) is -0.347. The first-order valence-corrected chi connectivity index (χ1v) is 7.62. The molecule has 25 heavy (non-hydrogen) atoms. The molecule has 0 aliphatic carbocycles. The van der Waals surface area contributed by atoms with Crippen LogP contribution in [0.1, 0.15) is 23.3 Å². The molecule has 1 aliphatic rings. The minimum atomic E-state index is -4.52. The van der Waals surface area contributed by atoms with Crippen molar-refractivity contribution >= 4 is 5.91 Å². The Morgan fingerprint density at radius 1 is 1.40 bits per heavy atom. The Morgan fingerprint density at radius 3 is 2.88 bits per heavy atom. The second kappa shape index (κ2) is 6.79. The van der Waals surface area contributed by atoms with Gasteiger partial charge in [0.15, 0.2) is 5.69 Å². The highest BCUT2D eigenvalue weighted by molar-refractivity contribution is 5.76. The maximum Gasteiger partial charge on any atom is 0.435 e. The number of carbonyl (C=O) groups excluding carboxylic acids is 1. The number of aromatic nitrogens is 4. The predicted molar refractivity (Wildman–Crippen MR) is 79.3 cm³/mol. The van der Waals surface area contributed by atoms with E-state index in [2.05, 4.69) is 15.1 Å². The van der Waals surface area contributed by atoms with Crippen LogP contribution in [-0.4, -0.2) is 50.3 Å². The number of rotatable bonds is 3. The van der Waals surface area contributed by atoms with Crippen LogP contribution < -0.4 is 0 Å². The molecule has 0 N–H and O–H groups in total. The molecule has 0 saturated carbocycles. The molecular weight excluding hydrogens is 339 g/mol. The van der Waals surface area contributed by atoms with Crippen molar-refractivity contribution in [2.75, 3.05) is 19.7 Å². The van der Waals surface area contributed by atoms with Gasteiger partial charge in [0.25, 0.3) is 0 Å². The number of aryl methyl sites for hydroxylation is 1. The molecule has 1 aliphatic heterocycles. The number of morpholine rings is 1. The molecule has 0 unspecified atom stereocenters. The summed E-state index contributed by atoms with van der Waals surface area (Å²) in [7, 11) is 0. The van der Waals surface area contributed by atoms with Crippen molar-refractivity contribution in [2.24, 2.45) is 0 Å². The molecule has 1 atom stereocenters. The van der Waals surface area contributed by atoms with Crippen molar-refractivity contribution < 1.29 is 22.7 Å². The summed E-state index contributed by atoms with van der Waals surface area (Å²) < 4.78 is 44.3. The molecule has 1 saturated heterocycles. The standard InChI is InChI=1S/C15H16F3N5O2/c1-10-19-4-2-11(20-10)12-8-22(6-7-25-12)14(24)9-23-5-3-13(21-23)15(16,17)18/h2-5,12H,6-9H2,1H3/t12-/m0/s1. The molecule has 0 spiro atoms. The summed E-state index contributed by atoms with van der Waals surface area (Å²) >= 11 is 0. The lowest BCUT2D eigenvalue weighted by molar-refractivity contribution is -0.143. The summed E-state index contributed by atoms with van der Waals surface area (Å²) in [6.07, 6.45) is -2.15. The first-order valence-electron chi connectivity index (χ1n) is 7.62. The molecule has 0 bridgehead atoms. The van der Waals surface area contributed by atoms with Gasteiger partial charge in [-0.1, -0.05) is 0 Å². The number of nitrogens with zero attached hydrogens (tertiary/aromatic N) is 5. The Hall–Kier alpha value is -2.49. The van der Waals surface area contributed by atoms with Crippen LogP contribution in [0.2, 0.25) is 0 Å². The maximum atomic E-state index is 12.6. The monoisotopic (exact) mass is 355 g/mol. The number of carbonyl (C=O) groups is 1. The molecule has 1 fully saturated rings. The number of ether oxygens (including phenoxy) is 1. The average Bonchev–Trinajstić information content (AvgIpc) is 3.04. The molecule has 134 valence electrons. The number of amides is 1. The Labute approximate surface area is 141 Å². The van der Waals surface area contributed by atoms with Gasteiger partial charge in [-0.05, 0) is 19.1 Å². The van der Waals surface area contributed by atoms with Crippen LogP contribution in [0.5, 0.6) is 0 Å². The van der Waals surface area contributed by atoms with Gasteiger partial charge in [0, 0.05) is 18.9 Å². The fourth-order valence-corrected chi connectivity index (χ4v) is 2.55. The zero-order chi connectivity index (χ0) is 18.0. The molecule has 10 heteroatoms. The van der Waals surface area contributed by atoms with Gasteiger partial charge in [0.2, 0.25) is 5.91 Å². The van der Waals surface area contributed by atoms with Crippen LogP contribution in [0.4, 0.5) is 13.2 Å². The van der Waals surface area contributed by atoms with E-state index in [0.29, 0.717) is 24.7 Å². The van der Waals surface area contributed by atoms with Gasteiger partial charge in [0.1, 0.15) is 18.5 Å². The molecule has 3 rings (SSSR count). The SMILES string of the molecule is Cc1nccc([C@@H]2CN(C(=O)Cn3ccc(C(F)(F)F)n3)CCO2)n1. The second-order valence-corrected chi connectivity index (χ2v) is 5.62. The molecular formula is C15H16F3N5O2. The third-order valence-electron chi connectivity index (χ3n) is 3.77. The van der Waals surface area contributed by atoms with Crippen molar-refractivity contribution in [1.82, 2.24) is 24.6 Å². The van der Waals surface area contributed by atoms with Crippen LogP contribution in [0.3, 0.4) is 0 Å². The number of hydrogen-bond acceptors (Lipinski definition) is 5. The summed E-state index contributed by atoms with van der Waals surface area (Å²) in [4.78, 5) is 22.2. The van der Waals surface area contributed by atoms with Crippen molar-refractivity contribution in [3.05, 3.63) is 41.7 Å². The van der Waals surface area contributed by atoms with E-state index < -0.39 is 11.9 Å². The maximum absolute atomic E-state index is 12.6. The minimum Gasteiger partial charge on any atom is -0.368 e. The highest BCUT2D eigenvalue weighted by Gasteiger charge is 2.34. The van der Waals surface area contributed by atoms with E-state index in [1.807, 2.05) is 0 Å². The molecule has 7 nitrogen and oxygen atoms in total. The lowest BCUT2D eigenvalue weighted by Gasteiger charge is -2.32. The summed E-state index contributed by atoms with van der Waals surface area (Å²) in [6.45, 7) is 2.47. The average molecular weight is 355 g/mol. The smallest absolute Gasteiger partial charge is 0.368 e. The molecule has 1 amide bonds. The first kappa shape index (κ1) is 17.3. The van der Waals surface area contributed by atoms with Crippen molar-refractivity contribution in [3.8, 4) is 0 Å². The van der Waals surface area contributed by atoms with Gasteiger partial charge in [0.05, 0.1) is 18.8 Å². The largest absolute Gasteiger partial charge is 0.435 e. The van der Waals surface area contributed by atoms with Gasteiger partial charge in [-0.15, -0.1) is 0 Å². The van der Waals surface area contributed by atoms with Gasteiger partial charge < -0.3 is 9.64 Å². The lowest BCUT2D eigenvalue weighted by Crippen LogP contribution is -2.44. The van der Waals surface area contributed by atoms with E-state index in [4.69, 9.17) is 4.74 Å². The molecule has 2 aromatic heterocycles. The molecule has 2 aromatic rings. The second-order valence-electron chi connectivity index (χ2n) is 5.62. The van der Waals surface area contributed by atoms with E-state index >= 15 is 0 Å². The molecule has 3 heterocycles. The lowest BCUT2D eigenvalue weighted by atomic mass is 10.2. The van der Waals surface area contributed by atoms with Crippen molar-refractivity contribution in [3.63, 3.8) is 0 Å². The van der Waals surface area contributed by atoms with Gasteiger partial charge in [-0.25, -0.2) is 9.97 Å². The summed E-state index contributed by atoms with van der Waals surface area (Å²) in [5.74, 6) is 0.275. The van der Waals surface area contributed by atoms with Crippen LogP contribution in [-0.2, 0) is 22.3 Å². The van der Waals surface area contributed by atoms with E-state index in [9.17, 15) is 18.0 Å². The Morgan fingerprint density at radius 2 is 2.20 bits per heavy atom.